The van der Waals surface area contributed by atoms with E-state index in [0.717, 1.165) is 11.9 Å². The van der Waals surface area contributed by atoms with Gasteiger partial charge in [0.25, 0.3) is 5.91 Å². The van der Waals surface area contributed by atoms with E-state index in [1.54, 1.807) is 54.1 Å². The number of amides is 1. The van der Waals surface area contributed by atoms with Crippen molar-refractivity contribution in [2.24, 2.45) is 0 Å². The van der Waals surface area contributed by atoms with E-state index in [2.05, 4.69) is 5.32 Å². The average Bonchev–Trinajstić information content (AvgIpc) is 2.90. The lowest BCUT2D eigenvalue weighted by Gasteiger charge is -2.06. The summed E-state index contributed by atoms with van der Waals surface area (Å²) in [5.41, 5.74) is 2.27. The molecule has 0 unspecified atom stereocenters. The Labute approximate surface area is 138 Å². The van der Waals surface area contributed by atoms with Crippen molar-refractivity contribution >= 4 is 22.7 Å². The van der Waals surface area contributed by atoms with Crippen LogP contribution >= 0.6 is 0 Å². The lowest BCUT2D eigenvalue weighted by atomic mass is 10.2. The molecule has 6 heteroatoms. The number of anilines is 1. The second kappa shape index (κ2) is 6.62. The SMILES string of the molecule is CCCn1c(=O)oc2cc(NC(=O)c3ccc(OC)cc3)ccc21. The van der Waals surface area contributed by atoms with Crippen LogP contribution < -0.4 is 15.8 Å². The summed E-state index contributed by atoms with van der Waals surface area (Å²) >= 11 is 0. The van der Waals surface area contributed by atoms with Crippen LogP contribution in [0, 0.1) is 0 Å². The molecule has 0 saturated carbocycles. The van der Waals surface area contributed by atoms with E-state index in [-0.39, 0.29) is 11.7 Å². The Balaban J connectivity index is 1.84. The quantitative estimate of drug-likeness (QED) is 0.781. The van der Waals surface area contributed by atoms with Crippen LogP contribution in [0.4, 0.5) is 5.69 Å². The zero-order valence-corrected chi connectivity index (χ0v) is 13.5. The first-order valence-electron chi connectivity index (χ1n) is 7.71. The van der Waals surface area contributed by atoms with E-state index < -0.39 is 0 Å². The summed E-state index contributed by atoms with van der Waals surface area (Å²) in [5, 5.41) is 2.80. The van der Waals surface area contributed by atoms with E-state index in [0.29, 0.717) is 29.1 Å². The van der Waals surface area contributed by atoms with Gasteiger partial charge in [0.2, 0.25) is 0 Å². The molecular formula is C18H18N2O4. The van der Waals surface area contributed by atoms with Crippen LogP contribution in [0.25, 0.3) is 11.1 Å². The lowest BCUT2D eigenvalue weighted by Crippen LogP contribution is -2.13. The number of carbonyl (C=O) groups excluding carboxylic acids is 1. The molecule has 3 aromatic rings. The smallest absolute Gasteiger partial charge is 0.419 e. The molecule has 6 nitrogen and oxygen atoms in total. The van der Waals surface area contributed by atoms with Gasteiger partial charge in [0, 0.05) is 23.9 Å². The van der Waals surface area contributed by atoms with Gasteiger partial charge in [-0.1, -0.05) is 6.92 Å². The van der Waals surface area contributed by atoms with Crippen LogP contribution in [0.15, 0.2) is 51.7 Å². The van der Waals surface area contributed by atoms with Gasteiger partial charge in [-0.3, -0.25) is 9.36 Å². The van der Waals surface area contributed by atoms with Gasteiger partial charge >= 0.3 is 5.76 Å². The van der Waals surface area contributed by atoms with Gasteiger partial charge in [-0.2, -0.15) is 0 Å². The third-order valence-electron chi connectivity index (χ3n) is 3.73. The Morgan fingerprint density at radius 3 is 2.62 bits per heavy atom. The van der Waals surface area contributed by atoms with Gasteiger partial charge in [-0.05, 0) is 42.8 Å². The van der Waals surface area contributed by atoms with Crippen molar-refractivity contribution in [2.45, 2.75) is 19.9 Å². The number of nitrogens with one attached hydrogen (secondary N) is 1. The Kier molecular flexibility index (Phi) is 4.37. The number of rotatable bonds is 5. The molecule has 0 spiro atoms. The molecule has 1 amide bonds. The maximum Gasteiger partial charge on any atom is 0.419 e. The fourth-order valence-corrected chi connectivity index (χ4v) is 2.53. The van der Waals surface area contributed by atoms with Crippen LogP contribution in [0.3, 0.4) is 0 Å². The Hall–Kier alpha value is -3.02. The van der Waals surface area contributed by atoms with Gasteiger partial charge < -0.3 is 14.5 Å². The molecule has 124 valence electrons. The number of ether oxygens (including phenoxy) is 1. The summed E-state index contributed by atoms with van der Waals surface area (Å²) in [6.07, 6.45) is 0.838. The second-order valence-electron chi connectivity index (χ2n) is 5.38. The molecule has 1 heterocycles. The van der Waals surface area contributed by atoms with E-state index in [1.165, 1.54) is 0 Å². The van der Waals surface area contributed by atoms with Crippen molar-refractivity contribution in [2.75, 3.05) is 12.4 Å². The maximum atomic E-state index is 12.3. The van der Waals surface area contributed by atoms with Crippen molar-refractivity contribution < 1.29 is 13.9 Å². The molecular weight excluding hydrogens is 308 g/mol. The largest absolute Gasteiger partial charge is 0.497 e. The number of aryl methyl sites for hydroxylation is 1. The minimum atomic E-state index is -0.384. The first kappa shape index (κ1) is 15.9. The zero-order valence-electron chi connectivity index (χ0n) is 13.5. The van der Waals surface area contributed by atoms with Crippen LogP contribution in [0.1, 0.15) is 23.7 Å². The van der Waals surface area contributed by atoms with Crippen molar-refractivity contribution in [1.82, 2.24) is 4.57 Å². The maximum absolute atomic E-state index is 12.3. The van der Waals surface area contributed by atoms with E-state index in [9.17, 15) is 9.59 Å². The van der Waals surface area contributed by atoms with E-state index in [4.69, 9.17) is 9.15 Å². The second-order valence-corrected chi connectivity index (χ2v) is 5.38. The number of hydrogen-bond donors (Lipinski definition) is 1. The van der Waals surface area contributed by atoms with Crippen molar-refractivity contribution in [3.8, 4) is 5.75 Å². The third-order valence-corrected chi connectivity index (χ3v) is 3.73. The highest BCUT2D eigenvalue weighted by molar-refractivity contribution is 6.04. The Morgan fingerprint density at radius 1 is 1.21 bits per heavy atom. The van der Waals surface area contributed by atoms with Crippen LogP contribution in [0.2, 0.25) is 0 Å². The minimum absolute atomic E-state index is 0.243. The fourth-order valence-electron chi connectivity index (χ4n) is 2.53. The Morgan fingerprint density at radius 2 is 1.96 bits per heavy atom. The minimum Gasteiger partial charge on any atom is -0.497 e. The van der Waals surface area contributed by atoms with Crippen molar-refractivity contribution in [3.05, 3.63) is 58.6 Å². The predicted molar refractivity (Wildman–Crippen MR) is 91.7 cm³/mol. The van der Waals surface area contributed by atoms with Gasteiger partial charge in [-0.25, -0.2) is 4.79 Å². The molecule has 0 aliphatic rings. The molecule has 0 aliphatic heterocycles. The van der Waals surface area contributed by atoms with Crippen molar-refractivity contribution in [1.29, 1.82) is 0 Å². The number of carbonyl (C=O) groups is 1. The highest BCUT2D eigenvalue weighted by Crippen LogP contribution is 2.20. The van der Waals surface area contributed by atoms with Gasteiger partial charge in [0.1, 0.15) is 5.75 Å². The van der Waals surface area contributed by atoms with Gasteiger partial charge in [0.15, 0.2) is 5.58 Å². The molecule has 3 rings (SSSR count). The van der Waals surface area contributed by atoms with Crippen LogP contribution in [0.5, 0.6) is 5.75 Å². The Bertz CT molecular complexity index is 922. The number of methoxy groups -OCH3 is 1. The number of benzene rings is 2. The van der Waals surface area contributed by atoms with Gasteiger partial charge in [-0.15, -0.1) is 0 Å². The van der Waals surface area contributed by atoms with Crippen LogP contribution in [-0.2, 0) is 6.54 Å². The predicted octanol–water partition coefficient (Wildman–Crippen LogP) is 3.27. The molecule has 0 atom stereocenters. The molecule has 1 aromatic heterocycles. The summed E-state index contributed by atoms with van der Waals surface area (Å²) in [7, 11) is 1.57. The summed E-state index contributed by atoms with van der Waals surface area (Å²) in [6, 6.07) is 12.0. The first-order chi connectivity index (χ1) is 11.6. The molecule has 2 aromatic carbocycles. The van der Waals surface area contributed by atoms with Gasteiger partial charge in [0.05, 0.1) is 12.6 Å². The number of aromatic nitrogens is 1. The standard InChI is InChI=1S/C18H18N2O4/c1-3-10-20-15-9-6-13(11-16(15)24-18(20)22)19-17(21)12-4-7-14(23-2)8-5-12/h4-9,11H,3,10H2,1-2H3,(H,19,21). The molecule has 24 heavy (non-hydrogen) atoms. The lowest BCUT2D eigenvalue weighted by molar-refractivity contribution is 0.102. The zero-order chi connectivity index (χ0) is 17.1. The summed E-state index contributed by atoms with van der Waals surface area (Å²) in [6.45, 7) is 2.60. The highest BCUT2D eigenvalue weighted by atomic mass is 16.5. The molecule has 0 aliphatic carbocycles. The summed E-state index contributed by atoms with van der Waals surface area (Å²) < 4.78 is 11.9. The van der Waals surface area contributed by atoms with Crippen molar-refractivity contribution in [3.63, 3.8) is 0 Å². The number of nitrogens with zero attached hydrogens (tertiary/aromatic N) is 1. The average molecular weight is 326 g/mol. The normalized spacial score (nSPS) is 10.8. The summed E-state index contributed by atoms with van der Waals surface area (Å²) in [5.74, 6) is 0.0600. The monoisotopic (exact) mass is 326 g/mol. The molecule has 0 radical (unpaired) electrons. The molecule has 0 bridgehead atoms. The number of fused-ring (bicyclic) bond motifs is 1. The highest BCUT2D eigenvalue weighted by Gasteiger charge is 2.11. The number of oxazole rings is 1. The molecule has 0 saturated heterocycles. The van der Waals surface area contributed by atoms with E-state index in [1.807, 2.05) is 6.92 Å². The van der Waals surface area contributed by atoms with Crippen LogP contribution in [-0.4, -0.2) is 17.6 Å². The summed E-state index contributed by atoms with van der Waals surface area (Å²) in [4.78, 5) is 24.1. The third kappa shape index (κ3) is 3.03. The topological polar surface area (TPSA) is 73.5 Å². The molecule has 1 N–H and O–H groups in total. The fraction of sp³-hybridized carbons (Fsp3) is 0.222. The number of hydrogen-bond acceptors (Lipinski definition) is 4. The molecule has 0 fully saturated rings. The first-order valence-corrected chi connectivity index (χ1v) is 7.71. The van der Waals surface area contributed by atoms with E-state index >= 15 is 0 Å².